The predicted molar refractivity (Wildman–Crippen MR) is 106 cm³/mol. The highest BCUT2D eigenvalue weighted by atomic mass is 16.3. The van der Waals surface area contributed by atoms with Crippen LogP contribution in [0.4, 0.5) is 5.69 Å². The number of nitrogens with zero attached hydrogens (tertiary/aromatic N) is 2. The maximum Gasteiger partial charge on any atom is 0.188 e. The van der Waals surface area contributed by atoms with E-state index >= 15 is 0 Å². The van der Waals surface area contributed by atoms with Crippen LogP contribution >= 0.6 is 0 Å². The van der Waals surface area contributed by atoms with E-state index in [2.05, 4.69) is 47.7 Å². The smallest absolute Gasteiger partial charge is 0.188 e. The molecule has 0 spiro atoms. The fourth-order valence-electron chi connectivity index (χ4n) is 3.37. The number of phenols is 1. The Balaban J connectivity index is 2.05. The van der Waals surface area contributed by atoms with Crippen LogP contribution in [-0.2, 0) is 0 Å². The van der Waals surface area contributed by atoms with Crippen LogP contribution in [0.1, 0.15) is 11.1 Å². The van der Waals surface area contributed by atoms with Crippen molar-refractivity contribution in [3.63, 3.8) is 0 Å². The third kappa shape index (κ3) is 2.53. The molecule has 0 saturated heterocycles. The summed E-state index contributed by atoms with van der Waals surface area (Å²) in [5.41, 5.74) is 7.42. The minimum absolute atomic E-state index is 0.246. The molecule has 0 aliphatic rings. The van der Waals surface area contributed by atoms with E-state index in [-0.39, 0.29) is 5.75 Å². The van der Waals surface area contributed by atoms with Crippen LogP contribution in [0.2, 0.25) is 0 Å². The van der Waals surface area contributed by atoms with Crippen LogP contribution in [-0.4, -0.2) is 9.67 Å². The molecule has 1 N–H and O–H groups in total. The zero-order valence-electron chi connectivity index (χ0n) is 14.7. The topological polar surface area (TPSA) is 29.5 Å². The van der Waals surface area contributed by atoms with Crippen molar-refractivity contribution in [1.82, 2.24) is 4.57 Å². The first-order valence-corrected chi connectivity index (χ1v) is 8.47. The van der Waals surface area contributed by atoms with Crippen LogP contribution in [0.3, 0.4) is 0 Å². The van der Waals surface area contributed by atoms with Crippen molar-refractivity contribution < 1.29 is 5.11 Å². The molecule has 4 aromatic rings. The fourth-order valence-corrected chi connectivity index (χ4v) is 3.37. The number of benzene rings is 3. The average molecular weight is 338 g/mol. The van der Waals surface area contributed by atoms with E-state index in [0.717, 1.165) is 22.2 Å². The molecule has 0 amide bonds. The Hall–Kier alpha value is -3.51. The second-order valence-corrected chi connectivity index (χ2v) is 6.49. The van der Waals surface area contributed by atoms with Gasteiger partial charge in [0.1, 0.15) is 5.75 Å². The third-order valence-corrected chi connectivity index (χ3v) is 4.94. The lowest BCUT2D eigenvalue weighted by atomic mass is 9.97. The molecular weight excluding hydrogens is 320 g/mol. The summed E-state index contributed by atoms with van der Waals surface area (Å²) in [6.45, 7) is 11.6. The zero-order valence-corrected chi connectivity index (χ0v) is 14.7. The molecule has 126 valence electrons. The van der Waals surface area contributed by atoms with Gasteiger partial charge in [0.15, 0.2) is 5.69 Å². The summed E-state index contributed by atoms with van der Waals surface area (Å²) >= 11 is 0. The van der Waals surface area contributed by atoms with Crippen molar-refractivity contribution in [2.75, 3.05) is 0 Å². The van der Waals surface area contributed by atoms with Gasteiger partial charge in [-0.2, -0.15) is 0 Å². The lowest BCUT2D eigenvalue weighted by Crippen LogP contribution is -1.90. The van der Waals surface area contributed by atoms with E-state index in [1.54, 1.807) is 12.1 Å². The Bertz CT molecular complexity index is 1160. The molecule has 3 nitrogen and oxygen atoms in total. The maximum absolute atomic E-state index is 9.59. The highest BCUT2D eigenvalue weighted by Crippen LogP contribution is 2.37. The fraction of sp³-hybridized carbons (Fsp3) is 0.0870. The summed E-state index contributed by atoms with van der Waals surface area (Å²) in [5.74, 6) is 0.246. The number of rotatable bonds is 2. The minimum Gasteiger partial charge on any atom is -0.508 e. The molecule has 1 heterocycles. The number of phenolic OH excluding ortho intramolecular Hbond substituents is 1. The molecule has 3 aromatic carbocycles. The summed E-state index contributed by atoms with van der Waals surface area (Å²) in [6.07, 6.45) is 2.12. The Kier molecular flexibility index (Phi) is 3.74. The van der Waals surface area contributed by atoms with Crippen LogP contribution in [0.25, 0.3) is 32.6 Å². The SMILES string of the molecule is [C-]#[N+]c1ccc2c(c1)c(-c1cccc(C)c1C)cn2-c1ccc(O)cc1. The Labute approximate surface area is 152 Å². The molecule has 0 bridgehead atoms. The summed E-state index contributed by atoms with van der Waals surface area (Å²) < 4.78 is 2.11. The second kappa shape index (κ2) is 6.09. The van der Waals surface area contributed by atoms with Gasteiger partial charge in [-0.1, -0.05) is 24.3 Å². The Morgan fingerprint density at radius 1 is 0.923 bits per heavy atom. The van der Waals surface area contributed by atoms with Crippen molar-refractivity contribution in [2.24, 2.45) is 0 Å². The molecule has 0 radical (unpaired) electrons. The van der Waals surface area contributed by atoms with Gasteiger partial charge < -0.3 is 9.67 Å². The molecule has 0 unspecified atom stereocenters. The van der Waals surface area contributed by atoms with Crippen LogP contribution in [0, 0.1) is 20.4 Å². The summed E-state index contributed by atoms with van der Waals surface area (Å²) in [7, 11) is 0. The van der Waals surface area contributed by atoms with E-state index in [9.17, 15) is 5.11 Å². The predicted octanol–water partition coefficient (Wildman–Crippen LogP) is 6.17. The first kappa shape index (κ1) is 16.0. The van der Waals surface area contributed by atoms with Crippen LogP contribution in [0.15, 0.2) is 66.9 Å². The van der Waals surface area contributed by atoms with Gasteiger partial charge in [0.2, 0.25) is 0 Å². The quantitative estimate of drug-likeness (QED) is 0.435. The average Bonchev–Trinajstić information content (AvgIpc) is 3.03. The van der Waals surface area contributed by atoms with Gasteiger partial charge in [-0.25, -0.2) is 4.85 Å². The maximum atomic E-state index is 9.59. The third-order valence-electron chi connectivity index (χ3n) is 4.94. The molecule has 26 heavy (non-hydrogen) atoms. The zero-order chi connectivity index (χ0) is 18.3. The number of aryl methyl sites for hydroxylation is 1. The lowest BCUT2D eigenvalue weighted by molar-refractivity contribution is 0.475. The largest absolute Gasteiger partial charge is 0.508 e. The molecule has 0 aliphatic carbocycles. The summed E-state index contributed by atoms with van der Waals surface area (Å²) in [4.78, 5) is 3.60. The summed E-state index contributed by atoms with van der Waals surface area (Å²) in [5, 5.41) is 10.6. The van der Waals surface area contributed by atoms with Gasteiger partial charge in [0.05, 0.1) is 12.1 Å². The number of fused-ring (bicyclic) bond motifs is 1. The van der Waals surface area contributed by atoms with Gasteiger partial charge in [0.25, 0.3) is 0 Å². The van der Waals surface area contributed by atoms with Crippen molar-refractivity contribution in [2.45, 2.75) is 13.8 Å². The molecule has 3 heteroatoms. The van der Waals surface area contributed by atoms with Crippen molar-refractivity contribution in [1.29, 1.82) is 0 Å². The standard InChI is InChI=1S/C23H18N2O/c1-15-5-4-6-20(16(15)2)22-14-25(18-8-10-19(26)11-9-18)23-12-7-17(24-3)13-21(22)23/h4-14,26H,1-2H3. The van der Waals surface area contributed by atoms with E-state index in [1.165, 1.54) is 16.7 Å². The van der Waals surface area contributed by atoms with Gasteiger partial charge in [0, 0.05) is 17.4 Å². The molecular formula is C23H18N2O. The van der Waals surface area contributed by atoms with Gasteiger partial charge in [-0.15, -0.1) is 0 Å². The van der Waals surface area contributed by atoms with E-state index < -0.39 is 0 Å². The molecule has 0 fully saturated rings. The number of aromatic hydroxyl groups is 1. The molecule has 0 atom stereocenters. The van der Waals surface area contributed by atoms with E-state index in [4.69, 9.17) is 6.57 Å². The highest BCUT2D eigenvalue weighted by Gasteiger charge is 2.14. The first-order valence-electron chi connectivity index (χ1n) is 8.47. The second-order valence-electron chi connectivity index (χ2n) is 6.49. The lowest BCUT2D eigenvalue weighted by Gasteiger charge is -2.07. The number of hydrogen-bond acceptors (Lipinski definition) is 1. The van der Waals surface area contributed by atoms with E-state index in [0.29, 0.717) is 5.69 Å². The Morgan fingerprint density at radius 3 is 2.42 bits per heavy atom. The Morgan fingerprint density at radius 2 is 1.69 bits per heavy atom. The molecule has 0 aliphatic heterocycles. The van der Waals surface area contributed by atoms with E-state index in [1.807, 2.05) is 30.3 Å². The molecule has 0 saturated carbocycles. The van der Waals surface area contributed by atoms with Gasteiger partial charge in [-0.05, 0) is 72.3 Å². The molecule has 4 rings (SSSR count). The van der Waals surface area contributed by atoms with Crippen LogP contribution < -0.4 is 0 Å². The number of aromatic nitrogens is 1. The highest BCUT2D eigenvalue weighted by molar-refractivity contribution is 5.99. The first-order chi connectivity index (χ1) is 12.6. The monoisotopic (exact) mass is 338 g/mol. The summed E-state index contributed by atoms with van der Waals surface area (Å²) in [6, 6.07) is 19.3. The van der Waals surface area contributed by atoms with Crippen LogP contribution in [0.5, 0.6) is 5.75 Å². The molecule has 1 aromatic heterocycles. The van der Waals surface area contributed by atoms with Gasteiger partial charge in [-0.3, -0.25) is 0 Å². The minimum atomic E-state index is 0.246. The van der Waals surface area contributed by atoms with Gasteiger partial charge >= 0.3 is 0 Å². The normalized spacial score (nSPS) is 10.8. The van der Waals surface area contributed by atoms with Crippen molar-refractivity contribution in [3.05, 3.63) is 89.4 Å². The van der Waals surface area contributed by atoms with Crippen molar-refractivity contribution in [3.8, 4) is 22.6 Å². The number of hydrogen-bond donors (Lipinski definition) is 1. The van der Waals surface area contributed by atoms with Crippen molar-refractivity contribution >= 4 is 16.6 Å².